The molecule has 2 aromatic carbocycles. The quantitative estimate of drug-likeness (QED) is 0.123. The number of halogens is 1. The number of benzene rings is 2. The summed E-state index contributed by atoms with van der Waals surface area (Å²) in [5.41, 5.74) is 3.95. The molecule has 0 saturated carbocycles. The lowest BCUT2D eigenvalue weighted by molar-refractivity contribution is 0.269. The van der Waals surface area contributed by atoms with Crippen molar-refractivity contribution in [2.24, 2.45) is 0 Å². The second-order valence-electron chi connectivity index (χ2n) is 17.0. The number of aromatic amines is 2. The zero-order valence-electron chi connectivity index (χ0n) is 40.2. The van der Waals surface area contributed by atoms with Gasteiger partial charge < -0.3 is 34.6 Å². The molecule has 0 amide bonds. The molecule has 2 saturated heterocycles. The first-order chi connectivity index (χ1) is 32.1. The topological polar surface area (TPSA) is 200 Å². The molecule has 4 aromatic heterocycles. The van der Waals surface area contributed by atoms with Crippen LogP contribution < -0.4 is 25.9 Å². The third-order valence-electron chi connectivity index (χ3n) is 11.6. The maximum atomic E-state index is 12.9. The lowest BCUT2D eigenvalue weighted by Crippen LogP contribution is -2.28. The summed E-state index contributed by atoms with van der Waals surface area (Å²) >= 11 is 0. The van der Waals surface area contributed by atoms with E-state index in [-0.39, 0.29) is 21.8 Å². The summed E-state index contributed by atoms with van der Waals surface area (Å²) < 4.78 is 38.1. The molecule has 8 rings (SSSR count). The van der Waals surface area contributed by atoms with Crippen LogP contribution in [-0.4, -0.2) is 142 Å². The fraction of sp³-hybridized carbons (Fsp3) is 0.532. The van der Waals surface area contributed by atoms with Gasteiger partial charge in [-0.15, -0.1) is 10.2 Å². The Morgan fingerprint density at radius 2 is 1.21 bits per heavy atom. The number of likely N-dealkylation sites (N-methyl/N-ethyl adjacent to an activating group) is 2. The van der Waals surface area contributed by atoms with Crippen LogP contribution in [0.2, 0.25) is 0 Å². The van der Waals surface area contributed by atoms with Crippen LogP contribution in [0.25, 0.3) is 33.8 Å². The van der Waals surface area contributed by atoms with Gasteiger partial charge in [0.05, 0.1) is 40.6 Å². The van der Waals surface area contributed by atoms with Crippen LogP contribution in [0, 0.1) is 13.8 Å². The van der Waals surface area contributed by atoms with Crippen LogP contribution in [0.5, 0.6) is 11.5 Å². The zero-order valence-corrected chi connectivity index (χ0v) is 41.8. The number of nitrogens with zero attached hydrogens (tertiary/aromatic N) is 9. The van der Waals surface area contributed by atoms with Gasteiger partial charge in [-0.3, -0.25) is 14.5 Å². The summed E-state index contributed by atoms with van der Waals surface area (Å²) in [6.45, 7) is 22.4. The van der Waals surface area contributed by atoms with E-state index in [1.165, 1.54) is 60.8 Å². The largest absolute Gasteiger partial charge is 0.493 e. The number of aryl methyl sites for hydroxylation is 4. The number of rotatable bonds is 13. The number of fused-ring (bicyclic) bond motifs is 2. The minimum absolute atomic E-state index is 0.110. The van der Waals surface area contributed by atoms with Crippen molar-refractivity contribution in [3.8, 4) is 34.3 Å². The van der Waals surface area contributed by atoms with E-state index in [2.05, 4.69) is 78.2 Å². The van der Waals surface area contributed by atoms with Gasteiger partial charge in [-0.25, -0.2) is 27.4 Å². The second-order valence-corrected chi connectivity index (χ2v) is 19.6. The number of H-pyrrole nitrogens is 2. The molecule has 3 N–H and O–H groups in total. The van der Waals surface area contributed by atoms with Gasteiger partial charge in [0.25, 0.3) is 20.2 Å². The average Bonchev–Trinajstić information content (AvgIpc) is 3.53. The zero-order chi connectivity index (χ0) is 48.3. The van der Waals surface area contributed by atoms with Crippen molar-refractivity contribution in [3.05, 3.63) is 85.7 Å². The minimum Gasteiger partial charge on any atom is -0.493 e. The Morgan fingerprint density at radius 1 is 0.672 bits per heavy atom. The number of hydrogen-bond acceptors (Lipinski definition) is 14. The highest BCUT2D eigenvalue weighted by molar-refractivity contribution is 8.13. The number of imidazole rings is 2. The number of ether oxygens (including phenoxy) is 2. The molecule has 2 fully saturated rings. The van der Waals surface area contributed by atoms with Crippen LogP contribution >= 0.6 is 10.7 Å². The lowest BCUT2D eigenvalue weighted by Gasteiger charge is -2.21. The maximum Gasteiger partial charge on any atom is 0.277 e. The van der Waals surface area contributed by atoms with Gasteiger partial charge in [0.15, 0.2) is 22.7 Å². The molecular formula is C47H67ClN12O6S. The second kappa shape index (κ2) is 23.7. The Hall–Kier alpha value is -5.18. The normalized spacial score (nSPS) is 15.4. The molecule has 2 aliphatic rings. The summed E-state index contributed by atoms with van der Waals surface area (Å²) in [5.74, 6) is 3.28. The van der Waals surface area contributed by atoms with Gasteiger partial charge in [-0.1, -0.05) is 19.9 Å². The first-order valence-electron chi connectivity index (χ1n) is 23.4. The fourth-order valence-electron chi connectivity index (χ4n) is 8.25. The smallest absolute Gasteiger partial charge is 0.277 e. The Morgan fingerprint density at radius 3 is 1.76 bits per heavy atom. The van der Waals surface area contributed by atoms with Gasteiger partial charge in [0, 0.05) is 56.2 Å². The van der Waals surface area contributed by atoms with Crippen LogP contribution in [0.1, 0.15) is 82.0 Å². The van der Waals surface area contributed by atoms with Crippen molar-refractivity contribution in [2.75, 3.05) is 79.7 Å². The van der Waals surface area contributed by atoms with E-state index in [0.717, 1.165) is 75.7 Å². The molecule has 20 heteroatoms. The molecule has 6 aromatic rings. The Balaban J connectivity index is 0.000000191. The summed E-state index contributed by atoms with van der Waals surface area (Å²) in [6, 6.07) is 10.4. The molecule has 18 nitrogen and oxygen atoms in total. The van der Waals surface area contributed by atoms with E-state index < -0.39 is 9.05 Å². The van der Waals surface area contributed by atoms with Crippen LogP contribution in [0.3, 0.4) is 0 Å². The lowest BCUT2D eigenvalue weighted by atomic mass is 10.1. The molecule has 364 valence electrons. The van der Waals surface area contributed by atoms with E-state index in [9.17, 15) is 18.0 Å². The third-order valence-corrected chi connectivity index (χ3v) is 13.0. The molecule has 0 atom stereocenters. The number of hydrogen-bond donors (Lipinski definition) is 3. The maximum absolute atomic E-state index is 12.9. The standard InChI is InChI=1S/C24H34N6O2.C17H19ClN4O4S.C6H14N2/c1-5-8-21-25-17(3)22-24(31)26-23(27-30(21)22)19-15-18(9-10-20(19)32-6-2)16-29-12-7-11-28(4)13-14-29;1-4-6-14-19-10(3)15-17(23)20-16(21-22(14)15)12-9-11(27(18,24)25)7-8-13(12)26-5-2;1-8-5-2-3-7-4-6-8/h9-10,15H,5-8,11-14,16H2,1-4H3,(H,26,27,31);7-9H,4-6H2,1-3H3,(H,20,21,23);7H,2-6H2,1H3. The third kappa shape index (κ3) is 13.1. The van der Waals surface area contributed by atoms with Gasteiger partial charge in [0.1, 0.15) is 23.1 Å². The van der Waals surface area contributed by atoms with Crippen LogP contribution in [0.15, 0.2) is 50.9 Å². The monoisotopic (exact) mass is 962 g/mol. The van der Waals surface area contributed by atoms with Crippen molar-refractivity contribution >= 4 is 30.8 Å². The molecule has 67 heavy (non-hydrogen) atoms. The van der Waals surface area contributed by atoms with E-state index in [0.29, 0.717) is 65.0 Å². The summed E-state index contributed by atoms with van der Waals surface area (Å²) in [7, 11) is 5.87. The Bertz CT molecular complexity index is 2830. The van der Waals surface area contributed by atoms with E-state index in [1.807, 2.05) is 26.8 Å². The highest BCUT2D eigenvalue weighted by atomic mass is 35.7. The first-order valence-corrected chi connectivity index (χ1v) is 25.7. The molecule has 0 bridgehead atoms. The first kappa shape index (κ1) is 51.2. The summed E-state index contributed by atoms with van der Waals surface area (Å²) in [6.07, 6.45) is 5.67. The van der Waals surface area contributed by atoms with Gasteiger partial charge in [-0.05, 0) is 130 Å². The van der Waals surface area contributed by atoms with E-state index in [1.54, 1.807) is 18.4 Å². The molecule has 6 heterocycles. The van der Waals surface area contributed by atoms with Crippen molar-refractivity contribution in [3.63, 3.8) is 0 Å². The van der Waals surface area contributed by atoms with Crippen molar-refractivity contribution in [1.29, 1.82) is 0 Å². The van der Waals surface area contributed by atoms with Crippen molar-refractivity contribution in [2.45, 2.75) is 91.5 Å². The van der Waals surface area contributed by atoms with Crippen LogP contribution in [0.4, 0.5) is 0 Å². The number of aromatic nitrogens is 8. The average molecular weight is 964 g/mol. The predicted octanol–water partition coefficient (Wildman–Crippen LogP) is 5.46. The van der Waals surface area contributed by atoms with Gasteiger partial charge >= 0.3 is 0 Å². The SMILES string of the molecule is CCCc1nc(C)c2c(=O)[nH]c(-c3cc(CN4CCCN(C)CC4)ccc3OCC)nn12.CCCc1nc(C)c2c(=O)[nH]c(-c3cc(S(=O)(=O)Cl)ccc3OCC)nn12.CN1CCCNCC1. The van der Waals surface area contributed by atoms with Crippen LogP contribution in [-0.2, 0) is 28.4 Å². The fourth-order valence-corrected chi connectivity index (χ4v) is 9.03. The summed E-state index contributed by atoms with van der Waals surface area (Å²) in [5, 5.41) is 12.6. The minimum atomic E-state index is -3.95. The Kier molecular flexibility index (Phi) is 18.1. The Labute approximate surface area is 397 Å². The predicted molar refractivity (Wildman–Crippen MR) is 263 cm³/mol. The summed E-state index contributed by atoms with van der Waals surface area (Å²) in [4.78, 5) is 47.4. The molecule has 0 unspecified atom stereocenters. The molecule has 0 aliphatic carbocycles. The highest BCUT2D eigenvalue weighted by Crippen LogP contribution is 2.32. The van der Waals surface area contributed by atoms with Gasteiger partial charge in [0.2, 0.25) is 0 Å². The highest BCUT2D eigenvalue weighted by Gasteiger charge is 2.21. The molecule has 0 spiro atoms. The van der Waals surface area contributed by atoms with Crippen molar-refractivity contribution < 1.29 is 17.9 Å². The van der Waals surface area contributed by atoms with Crippen molar-refractivity contribution in [1.82, 2.24) is 59.2 Å². The van der Waals surface area contributed by atoms with E-state index >= 15 is 0 Å². The van der Waals surface area contributed by atoms with Gasteiger partial charge in [-0.2, -0.15) is 0 Å². The number of nitrogens with one attached hydrogen (secondary N) is 3. The van der Waals surface area contributed by atoms with E-state index in [4.69, 9.17) is 25.3 Å². The molecule has 2 aliphatic heterocycles. The molecule has 0 radical (unpaired) electrons. The molecular weight excluding hydrogens is 896 g/mol.